The normalized spacial score (nSPS) is 13.1. The molecule has 72 valence electrons. The monoisotopic (exact) mass is 174 g/mol. The molecule has 0 rings (SSSR count). The molecule has 0 saturated heterocycles. The Labute approximate surface area is 74.0 Å². The van der Waals surface area contributed by atoms with Crippen LogP contribution >= 0.6 is 0 Å². The van der Waals surface area contributed by atoms with Gasteiger partial charge in [0.05, 0.1) is 6.10 Å². The van der Waals surface area contributed by atoms with E-state index in [9.17, 15) is 4.79 Å². The van der Waals surface area contributed by atoms with Crippen molar-refractivity contribution in [1.82, 2.24) is 0 Å². The lowest BCUT2D eigenvalue weighted by Gasteiger charge is -2.13. The zero-order valence-electron chi connectivity index (χ0n) is 8.29. The summed E-state index contributed by atoms with van der Waals surface area (Å²) < 4.78 is 10.1. The van der Waals surface area contributed by atoms with Crippen molar-refractivity contribution in [2.45, 2.75) is 46.3 Å². The number of esters is 1. The predicted octanol–water partition coefficient (Wildman–Crippen LogP) is 1.75. The Morgan fingerprint density at radius 2 is 1.92 bits per heavy atom. The molecule has 1 unspecified atom stereocenters. The van der Waals surface area contributed by atoms with Crippen molar-refractivity contribution in [1.29, 1.82) is 0 Å². The highest BCUT2D eigenvalue weighted by Gasteiger charge is 2.15. The summed E-state index contributed by atoms with van der Waals surface area (Å²) in [5.41, 5.74) is 0. The molecular formula is C9H18O3. The molecule has 3 heteroatoms. The average molecular weight is 174 g/mol. The summed E-state index contributed by atoms with van der Waals surface area (Å²) >= 11 is 0. The van der Waals surface area contributed by atoms with Crippen LogP contribution in [0.25, 0.3) is 0 Å². The third kappa shape index (κ3) is 5.13. The summed E-state index contributed by atoms with van der Waals surface area (Å²) in [6.45, 7) is 7.96. The first-order valence-electron chi connectivity index (χ1n) is 4.40. The van der Waals surface area contributed by atoms with Gasteiger partial charge in [-0.2, -0.15) is 0 Å². The molecule has 0 radical (unpaired) electrons. The van der Waals surface area contributed by atoms with Gasteiger partial charge in [-0.1, -0.05) is 6.92 Å². The molecule has 3 nitrogen and oxygen atoms in total. The standard InChI is InChI=1S/C9H18O3/c1-5-6-11-8(4)9(10)12-7(2)3/h7-8H,5-6H2,1-4H3. The van der Waals surface area contributed by atoms with E-state index in [1.54, 1.807) is 6.92 Å². The number of hydrogen-bond donors (Lipinski definition) is 0. The zero-order valence-corrected chi connectivity index (χ0v) is 8.29. The topological polar surface area (TPSA) is 35.5 Å². The molecule has 0 aromatic heterocycles. The summed E-state index contributed by atoms with van der Waals surface area (Å²) in [6.07, 6.45) is 0.414. The molecule has 0 fully saturated rings. The minimum atomic E-state index is -0.438. The maximum atomic E-state index is 11.1. The van der Waals surface area contributed by atoms with E-state index in [2.05, 4.69) is 0 Å². The minimum Gasteiger partial charge on any atom is -0.461 e. The number of ether oxygens (including phenoxy) is 2. The largest absolute Gasteiger partial charge is 0.461 e. The number of carbonyl (C=O) groups excluding carboxylic acids is 1. The van der Waals surface area contributed by atoms with E-state index in [1.807, 2.05) is 20.8 Å². The van der Waals surface area contributed by atoms with Gasteiger partial charge >= 0.3 is 5.97 Å². The maximum absolute atomic E-state index is 11.1. The molecule has 0 aliphatic carbocycles. The van der Waals surface area contributed by atoms with E-state index < -0.39 is 6.10 Å². The van der Waals surface area contributed by atoms with Crippen LogP contribution in [-0.2, 0) is 14.3 Å². The first-order chi connectivity index (χ1) is 5.57. The van der Waals surface area contributed by atoms with Crippen LogP contribution in [-0.4, -0.2) is 24.8 Å². The number of carbonyl (C=O) groups is 1. The SMILES string of the molecule is CCCOC(C)C(=O)OC(C)C. The fourth-order valence-corrected chi connectivity index (χ4v) is 0.691. The predicted molar refractivity (Wildman–Crippen MR) is 46.9 cm³/mol. The molecule has 0 N–H and O–H groups in total. The summed E-state index contributed by atoms with van der Waals surface area (Å²) in [5.74, 6) is -0.279. The molecular weight excluding hydrogens is 156 g/mol. The molecule has 0 aromatic rings. The molecule has 0 aromatic carbocycles. The van der Waals surface area contributed by atoms with Crippen molar-refractivity contribution in [3.8, 4) is 0 Å². The Bertz CT molecular complexity index is 132. The first kappa shape index (κ1) is 11.4. The van der Waals surface area contributed by atoms with E-state index >= 15 is 0 Å². The Hall–Kier alpha value is -0.570. The Morgan fingerprint density at radius 3 is 2.33 bits per heavy atom. The van der Waals surface area contributed by atoms with Crippen molar-refractivity contribution < 1.29 is 14.3 Å². The van der Waals surface area contributed by atoms with Crippen LogP contribution < -0.4 is 0 Å². The summed E-state index contributed by atoms with van der Waals surface area (Å²) in [7, 11) is 0. The molecule has 0 spiro atoms. The number of hydrogen-bond acceptors (Lipinski definition) is 3. The lowest BCUT2D eigenvalue weighted by Crippen LogP contribution is -2.26. The molecule has 12 heavy (non-hydrogen) atoms. The van der Waals surface area contributed by atoms with Crippen LogP contribution in [0.3, 0.4) is 0 Å². The van der Waals surface area contributed by atoms with E-state index in [-0.39, 0.29) is 12.1 Å². The Kier molecular flexibility index (Phi) is 5.72. The van der Waals surface area contributed by atoms with Gasteiger partial charge in [-0.25, -0.2) is 4.79 Å². The fourth-order valence-electron chi connectivity index (χ4n) is 0.691. The molecule has 0 amide bonds. The van der Waals surface area contributed by atoms with Gasteiger partial charge in [0.15, 0.2) is 6.10 Å². The van der Waals surface area contributed by atoms with Crippen LogP contribution in [0.5, 0.6) is 0 Å². The second-order valence-electron chi connectivity index (χ2n) is 3.00. The van der Waals surface area contributed by atoms with Crippen molar-refractivity contribution >= 4 is 5.97 Å². The van der Waals surface area contributed by atoms with Crippen molar-refractivity contribution in [2.75, 3.05) is 6.61 Å². The van der Waals surface area contributed by atoms with Crippen molar-refractivity contribution in [2.24, 2.45) is 0 Å². The number of rotatable bonds is 5. The van der Waals surface area contributed by atoms with Gasteiger partial charge in [-0.05, 0) is 27.2 Å². The summed E-state index contributed by atoms with van der Waals surface area (Å²) in [4.78, 5) is 11.1. The van der Waals surface area contributed by atoms with E-state index in [1.165, 1.54) is 0 Å². The maximum Gasteiger partial charge on any atom is 0.335 e. The highest BCUT2D eigenvalue weighted by atomic mass is 16.6. The minimum absolute atomic E-state index is 0.0647. The molecule has 0 aliphatic heterocycles. The summed E-state index contributed by atoms with van der Waals surface area (Å²) in [6, 6.07) is 0. The van der Waals surface area contributed by atoms with Gasteiger partial charge in [0, 0.05) is 6.61 Å². The third-order valence-corrected chi connectivity index (χ3v) is 1.26. The lowest BCUT2D eigenvalue weighted by molar-refractivity contribution is -0.159. The second-order valence-corrected chi connectivity index (χ2v) is 3.00. The van der Waals surface area contributed by atoms with Crippen LogP contribution in [0.15, 0.2) is 0 Å². The highest BCUT2D eigenvalue weighted by molar-refractivity contribution is 5.74. The van der Waals surface area contributed by atoms with Gasteiger partial charge in [0.25, 0.3) is 0 Å². The molecule has 0 saturated carbocycles. The van der Waals surface area contributed by atoms with Crippen molar-refractivity contribution in [3.05, 3.63) is 0 Å². The van der Waals surface area contributed by atoms with Crippen LogP contribution in [0.2, 0.25) is 0 Å². The molecule has 0 bridgehead atoms. The lowest BCUT2D eigenvalue weighted by atomic mass is 10.4. The van der Waals surface area contributed by atoms with Gasteiger partial charge in [0.1, 0.15) is 0 Å². The third-order valence-electron chi connectivity index (χ3n) is 1.26. The van der Waals surface area contributed by atoms with Gasteiger partial charge in [-0.15, -0.1) is 0 Å². The summed E-state index contributed by atoms with van der Waals surface area (Å²) in [5, 5.41) is 0. The smallest absolute Gasteiger partial charge is 0.335 e. The van der Waals surface area contributed by atoms with Crippen LogP contribution in [0, 0.1) is 0 Å². The Balaban J connectivity index is 3.61. The van der Waals surface area contributed by atoms with Crippen molar-refractivity contribution in [3.63, 3.8) is 0 Å². The quantitative estimate of drug-likeness (QED) is 0.596. The fraction of sp³-hybridized carbons (Fsp3) is 0.889. The van der Waals surface area contributed by atoms with E-state index in [0.29, 0.717) is 6.61 Å². The van der Waals surface area contributed by atoms with E-state index in [4.69, 9.17) is 9.47 Å². The molecule has 0 aliphatic rings. The average Bonchev–Trinajstić information content (AvgIpc) is 1.98. The second kappa shape index (κ2) is 6.00. The zero-order chi connectivity index (χ0) is 9.56. The molecule has 0 heterocycles. The highest BCUT2D eigenvalue weighted by Crippen LogP contribution is 1.98. The van der Waals surface area contributed by atoms with Crippen LogP contribution in [0.4, 0.5) is 0 Å². The molecule has 1 atom stereocenters. The van der Waals surface area contributed by atoms with Gasteiger partial charge in [0.2, 0.25) is 0 Å². The van der Waals surface area contributed by atoms with Gasteiger partial charge in [-0.3, -0.25) is 0 Å². The van der Waals surface area contributed by atoms with Gasteiger partial charge < -0.3 is 9.47 Å². The van der Waals surface area contributed by atoms with Crippen LogP contribution in [0.1, 0.15) is 34.1 Å². The first-order valence-corrected chi connectivity index (χ1v) is 4.40. The Morgan fingerprint density at radius 1 is 1.33 bits per heavy atom. The van der Waals surface area contributed by atoms with E-state index in [0.717, 1.165) is 6.42 Å².